The molecule has 0 spiro atoms. The van der Waals surface area contributed by atoms with Crippen molar-refractivity contribution in [2.75, 3.05) is 12.0 Å². The van der Waals surface area contributed by atoms with Crippen molar-refractivity contribution in [3.05, 3.63) is 101 Å². The zero-order valence-corrected chi connectivity index (χ0v) is 27.8. The van der Waals surface area contributed by atoms with Crippen LogP contribution in [0, 0.1) is 5.92 Å². The summed E-state index contributed by atoms with van der Waals surface area (Å²) < 4.78 is 30.7. The number of hydrogen-bond acceptors (Lipinski definition) is 7. The molecule has 210 valence electrons. The van der Waals surface area contributed by atoms with Crippen molar-refractivity contribution in [1.29, 1.82) is 0 Å². The summed E-state index contributed by atoms with van der Waals surface area (Å²) in [5, 5.41) is 13.1. The monoisotopic (exact) mass is 619 g/mol. The summed E-state index contributed by atoms with van der Waals surface area (Å²) in [6, 6.07) is 24.2. The Morgan fingerprint density at radius 1 is 1.05 bits per heavy atom. The molecule has 0 aliphatic rings. The number of benzene rings is 3. The molecule has 4 aromatic rings. The number of hydrogen-bond donors (Lipinski definition) is 0. The molecule has 0 fully saturated rings. The minimum Gasteiger partial charge on any atom is -0.550 e. The van der Waals surface area contributed by atoms with Gasteiger partial charge in [-0.3, -0.25) is 0 Å². The maximum absolute atomic E-state index is 12.3. The van der Waals surface area contributed by atoms with E-state index in [1.165, 1.54) is 6.26 Å². The first kappa shape index (κ1) is 33.4. The van der Waals surface area contributed by atoms with Gasteiger partial charge in [-0.1, -0.05) is 61.0 Å². The van der Waals surface area contributed by atoms with Gasteiger partial charge >= 0.3 is 29.6 Å². The van der Waals surface area contributed by atoms with Crippen LogP contribution in [0.15, 0.2) is 83.8 Å². The Labute approximate surface area is 273 Å². The fraction of sp³-hybridized carbons (Fsp3) is 0.290. The molecule has 2 unspecified atom stereocenters. The van der Waals surface area contributed by atoms with Gasteiger partial charge in [-0.2, -0.15) is 11.8 Å². The number of carboxylic acids is 1. The van der Waals surface area contributed by atoms with Gasteiger partial charge in [0.25, 0.3) is 0 Å². The third-order valence-electron chi connectivity index (χ3n) is 6.70. The molecule has 0 radical (unpaired) electrons. The minimum absolute atomic E-state index is 0. The molecule has 41 heavy (non-hydrogen) atoms. The number of nitrogens with zero attached hydrogens (tertiary/aromatic N) is 1. The average Bonchev–Trinajstić information content (AvgIpc) is 2.93. The quantitative estimate of drug-likeness (QED) is 0.212. The number of rotatable bonds is 13. The number of carbonyl (C=O) groups is 1. The van der Waals surface area contributed by atoms with Crippen LogP contribution < -0.4 is 39.4 Å². The van der Waals surface area contributed by atoms with E-state index >= 15 is 0 Å². The molecule has 1 aromatic heterocycles. The van der Waals surface area contributed by atoms with E-state index in [4.69, 9.17) is 16.3 Å². The van der Waals surface area contributed by atoms with Crippen molar-refractivity contribution in [3.8, 4) is 5.75 Å². The second kappa shape index (κ2) is 15.4. The summed E-state index contributed by atoms with van der Waals surface area (Å²) in [6.45, 7) is 2.11. The van der Waals surface area contributed by atoms with E-state index in [0.29, 0.717) is 40.7 Å². The Balaban J connectivity index is 0.00000462. The number of sulfone groups is 1. The SMILES string of the molecule is CCC(CSC(CCc1ccccc1S(C)(=O)=O)c1cccc(OCc2ccc3ccc(Cl)cc3n2)c1)C(=O)[O-].[Na+]. The first-order chi connectivity index (χ1) is 19.1. The van der Waals surface area contributed by atoms with Crippen molar-refractivity contribution >= 4 is 50.1 Å². The van der Waals surface area contributed by atoms with E-state index in [9.17, 15) is 18.3 Å². The van der Waals surface area contributed by atoms with Crippen LogP contribution in [-0.4, -0.2) is 31.4 Å². The number of aromatic nitrogens is 1. The number of halogens is 1. The van der Waals surface area contributed by atoms with Crippen LogP contribution >= 0.6 is 23.4 Å². The summed E-state index contributed by atoms with van der Waals surface area (Å²) in [5.74, 6) is -0.564. The van der Waals surface area contributed by atoms with Gasteiger partial charge in [0.1, 0.15) is 12.4 Å². The van der Waals surface area contributed by atoms with E-state index < -0.39 is 21.7 Å². The van der Waals surface area contributed by atoms with Crippen LogP contribution in [0.2, 0.25) is 5.02 Å². The molecule has 2 atom stereocenters. The Bertz CT molecular complexity index is 1600. The number of thioether (sulfide) groups is 1. The third kappa shape index (κ3) is 9.46. The van der Waals surface area contributed by atoms with Gasteiger partial charge in [0.05, 0.1) is 16.1 Å². The van der Waals surface area contributed by atoms with Crippen LogP contribution in [0.1, 0.15) is 41.8 Å². The molecule has 1 heterocycles. The molecular weight excluding hydrogens is 589 g/mol. The summed E-state index contributed by atoms with van der Waals surface area (Å²) >= 11 is 7.66. The molecule has 0 amide bonds. The number of fused-ring (bicyclic) bond motifs is 1. The molecule has 10 heteroatoms. The van der Waals surface area contributed by atoms with Crippen LogP contribution in [0.25, 0.3) is 10.9 Å². The van der Waals surface area contributed by atoms with Gasteiger partial charge in [0, 0.05) is 39.6 Å². The van der Waals surface area contributed by atoms with Crippen molar-refractivity contribution in [3.63, 3.8) is 0 Å². The molecule has 0 bridgehead atoms. The normalized spacial score (nSPS) is 12.9. The van der Waals surface area contributed by atoms with Crippen LogP contribution in [0.4, 0.5) is 0 Å². The first-order valence-electron chi connectivity index (χ1n) is 13.0. The molecule has 0 aliphatic heterocycles. The van der Waals surface area contributed by atoms with E-state index in [0.717, 1.165) is 27.7 Å². The van der Waals surface area contributed by atoms with Gasteiger partial charge in [-0.05, 0) is 66.8 Å². The largest absolute Gasteiger partial charge is 1.00 e. The average molecular weight is 620 g/mol. The number of pyridine rings is 1. The molecule has 0 aliphatic carbocycles. The Morgan fingerprint density at radius 2 is 1.80 bits per heavy atom. The number of aliphatic carboxylic acids is 1. The summed E-state index contributed by atoms with van der Waals surface area (Å²) in [4.78, 5) is 16.5. The Morgan fingerprint density at radius 3 is 2.54 bits per heavy atom. The number of carbonyl (C=O) groups excluding carboxylic acids is 1. The zero-order chi connectivity index (χ0) is 28.7. The van der Waals surface area contributed by atoms with Crippen LogP contribution in [0.5, 0.6) is 5.75 Å². The second-order valence-electron chi connectivity index (χ2n) is 9.67. The van der Waals surface area contributed by atoms with Gasteiger partial charge < -0.3 is 14.6 Å². The van der Waals surface area contributed by atoms with Crippen molar-refractivity contribution in [2.45, 2.75) is 42.9 Å². The van der Waals surface area contributed by atoms with Gasteiger partial charge in [-0.15, -0.1) is 0 Å². The molecule has 0 saturated carbocycles. The van der Waals surface area contributed by atoms with Gasteiger partial charge in [-0.25, -0.2) is 13.4 Å². The van der Waals surface area contributed by atoms with Crippen LogP contribution in [0.3, 0.4) is 0 Å². The van der Waals surface area contributed by atoms with E-state index in [1.54, 1.807) is 23.9 Å². The first-order valence-corrected chi connectivity index (χ1v) is 16.3. The number of carboxylic acid groups (broad SMARTS) is 1. The number of ether oxygens (including phenoxy) is 1. The maximum atomic E-state index is 12.3. The van der Waals surface area contributed by atoms with Gasteiger partial charge in [0.2, 0.25) is 0 Å². The maximum Gasteiger partial charge on any atom is 1.00 e. The van der Waals surface area contributed by atoms with Crippen molar-refractivity contribution in [2.24, 2.45) is 5.92 Å². The molecule has 3 aromatic carbocycles. The fourth-order valence-corrected chi connectivity index (χ4v) is 7.06. The topological polar surface area (TPSA) is 96.4 Å². The Hall–Kier alpha value is -2.07. The fourth-order valence-electron chi connectivity index (χ4n) is 4.46. The molecule has 0 N–H and O–H groups in total. The summed E-state index contributed by atoms with van der Waals surface area (Å²) in [7, 11) is -3.37. The molecule has 6 nitrogen and oxygen atoms in total. The van der Waals surface area contributed by atoms with Crippen LogP contribution in [-0.2, 0) is 27.7 Å². The number of aryl methyl sites for hydroxylation is 1. The van der Waals surface area contributed by atoms with E-state index in [1.807, 2.05) is 73.7 Å². The van der Waals surface area contributed by atoms with Crippen molar-refractivity contribution in [1.82, 2.24) is 4.98 Å². The molecule has 4 rings (SSSR count). The Kier molecular flexibility index (Phi) is 12.6. The molecular formula is C31H31ClNNaO5S2. The van der Waals surface area contributed by atoms with E-state index in [2.05, 4.69) is 4.98 Å². The zero-order valence-electron chi connectivity index (χ0n) is 23.4. The van der Waals surface area contributed by atoms with E-state index in [-0.39, 0.29) is 41.4 Å². The predicted octanol–water partition coefficient (Wildman–Crippen LogP) is 3.06. The smallest absolute Gasteiger partial charge is 0.550 e. The third-order valence-corrected chi connectivity index (χ3v) is 9.64. The summed E-state index contributed by atoms with van der Waals surface area (Å²) in [6.07, 6.45) is 2.84. The second-order valence-corrected chi connectivity index (χ2v) is 13.3. The van der Waals surface area contributed by atoms with Gasteiger partial charge in [0.15, 0.2) is 9.84 Å². The minimum atomic E-state index is -3.37. The van der Waals surface area contributed by atoms with Crippen molar-refractivity contribution < 1.29 is 52.6 Å². The standard InChI is InChI=1S/C31H32ClNO5S2.Na/c1-3-21(31(34)35)20-39-29(16-13-23-7-4-5-10-30(23)40(2,36)37)24-8-6-9-27(17-24)38-19-26-15-12-22-11-14-25(32)18-28(22)33-26;/h4-12,14-15,17-18,21,29H,3,13,16,19-20H2,1-2H3,(H,34,35);/q;+1/p-1. The molecule has 0 saturated heterocycles. The summed E-state index contributed by atoms with van der Waals surface area (Å²) in [5.41, 5.74) is 3.29. The predicted molar refractivity (Wildman–Crippen MR) is 159 cm³/mol.